The average Bonchev–Trinajstić information content (AvgIpc) is 3.98. The van der Waals surface area contributed by atoms with Gasteiger partial charge in [-0.1, -0.05) is 47.8 Å². The summed E-state index contributed by atoms with van der Waals surface area (Å²) in [5, 5.41) is 15.3. The Hall–Kier alpha value is -4.03. The zero-order valence-corrected chi connectivity index (χ0v) is 44.3. The van der Waals surface area contributed by atoms with Gasteiger partial charge in [0.05, 0.1) is 51.0 Å². The van der Waals surface area contributed by atoms with Gasteiger partial charge in [-0.3, -0.25) is 23.6 Å². The van der Waals surface area contributed by atoms with Crippen molar-refractivity contribution in [3.8, 4) is 0 Å². The zero-order valence-electron chi connectivity index (χ0n) is 41.9. The summed E-state index contributed by atoms with van der Waals surface area (Å²) in [6.45, 7) is 31.2. The predicted molar refractivity (Wildman–Crippen MR) is 268 cm³/mol. The van der Waals surface area contributed by atoms with E-state index in [1.165, 1.54) is 24.5 Å². The fourth-order valence-corrected chi connectivity index (χ4v) is 7.90. The minimum Gasteiger partial charge on any atom is -0.464 e. The molecule has 2 heterocycles. The normalized spacial score (nSPS) is 25.4. The van der Waals surface area contributed by atoms with Gasteiger partial charge in [-0.15, -0.1) is 13.2 Å². The molecule has 0 aromatic rings. The quantitative estimate of drug-likeness (QED) is 0.0656. The summed E-state index contributed by atoms with van der Waals surface area (Å²) >= 11 is 0. The summed E-state index contributed by atoms with van der Waals surface area (Å²) in [6.07, 6.45) is 2.58. The lowest BCUT2D eigenvalue weighted by atomic mass is 10.1. The van der Waals surface area contributed by atoms with E-state index in [0.29, 0.717) is 12.8 Å². The van der Waals surface area contributed by atoms with Crippen molar-refractivity contribution >= 4 is 65.8 Å². The van der Waals surface area contributed by atoms with E-state index >= 15 is 0 Å². The standard InChI is InChI=1S/C19H30N2O8S.C18H28N2O6.C6H15N.CH3ClO2S.2CH4/c1-7-12-10-19(12,16(23)27-8-2)20-15(22)14-9-13(29-30(6,25)26)11-21(14)17(24)28-18(3,4)5;1-6-11-9-18(11,15(23)25-7-2)19-14(22)13-8-12(21)10-20(13)16(24)26-17(3,4)5;1-4-7(5-2)6-3;1-5(2,3)4;;/h7,12-14H,1,8-11H2,2-6H3,(H,20,22);6,11-13,21H,1,7-10H2,2-5H3,(H,19,22);4-6H2,1-3H3;1H3;2*1H4/t12-,13?,14+,19-;11-,12+,13+,18-;;;;/m11..../s1. The molecule has 0 aromatic heterocycles. The molecule has 0 bridgehead atoms. The number of β-amino-alcohol motifs (C(OH)–C–C–N with tert-alkyl or cyclic N) is 1. The molecule has 2 aliphatic heterocycles. The smallest absolute Gasteiger partial charge is 0.411 e. The lowest BCUT2D eigenvalue weighted by Crippen LogP contribution is -2.53. The lowest BCUT2D eigenvalue weighted by Gasteiger charge is -2.29. The van der Waals surface area contributed by atoms with Crippen LogP contribution in [0.4, 0.5) is 9.59 Å². The topological polar surface area (TPSA) is 271 Å². The Balaban J connectivity index is 0. The minimum absolute atomic E-state index is 0. The van der Waals surface area contributed by atoms with Gasteiger partial charge in [-0.2, -0.15) is 8.42 Å². The number of aliphatic hydroxyl groups excluding tert-OH is 1. The minimum atomic E-state index is -3.80. The van der Waals surface area contributed by atoms with Crippen LogP contribution < -0.4 is 10.6 Å². The molecule has 4 amide bonds. The molecule has 0 aromatic carbocycles. The van der Waals surface area contributed by atoms with Crippen molar-refractivity contribution < 1.29 is 73.8 Å². The molecule has 4 aliphatic rings. The van der Waals surface area contributed by atoms with Crippen LogP contribution in [0.1, 0.15) is 117 Å². The number of halogens is 1. The third-order valence-electron chi connectivity index (χ3n) is 10.6. The molecular formula is C46H84ClN5O16S2. The summed E-state index contributed by atoms with van der Waals surface area (Å²) in [5.74, 6) is -2.72. The van der Waals surface area contributed by atoms with Crippen LogP contribution in [0.25, 0.3) is 0 Å². The molecule has 2 saturated carbocycles. The Morgan fingerprint density at radius 2 is 1.04 bits per heavy atom. The summed E-state index contributed by atoms with van der Waals surface area (Å²) < 4.78 is 67.6. The molecule has 70 heavy (non-hydrogen) atoms. The van der Waals surface area contributed by atoms with Crippen LogP contribution in [-0.4, -0.2) is 178 Å². The summed E-state index contributed by atoms with van der Waals surface area (Å²) in [4.78, 5) is 80.2. The monoisotopic (exact) mass is 1060 g/mol. The number of esters is 2. The molecule has 0 spiro atoms. The molecule has 4 fully saturated rings. The fraction of sp³-hybridized carbons (Fsp3) is 0.783. The van der Waals surface area contributed by atoms with E-state index in [1.54, 1.807) is 67.5 Å². The van der Waals surface area contributed by atoms with E-state index in [1.807, 2.05) is 0 Å². The van der Waals surface area contributed by atoms with Crippen molar-refractivity contribution in [2.24, 2.45) is 11.8 Å². The molecule has 24 heteroatoms. The first-order valence-electron chi connectivity index (χ1n) is 22.5. The van der Waals surface area contributed by atoms with Crippen molar-refractivity contribution in [3.63, 3.8) is 0 Å². The van der Waals surface area contributed by atoms with Crippen LogP contribution in [-0.2, 0) is 61.5 Å². The van der Waals surface area contributed by atoms with Crippen molar-refractivity contribution in [1.29, 1.82) is 0 Å². The van der Waals surface area contributed by atoms with Gasteiger partial charge >= 0.3 is 24.1 Å². The second-order valence-corrected chi connectivity index (χ2v) is 23.2. The van der Waals surface area contributed by atoms with Gasteiger partial charge in [0.2, 0.25) is 20.9 Å². The second-order valence-electron chi connectivity index (χ2n) is 18.6. The van der Waals surface area contributed by atoms with E-state index in [-0.39, 0.29) is 65.8 Å². The molecule has 8 atom stereocenters. The van der Waals surface area contributed by atoms with E-state index in [9.17, 15) is 50.7 Å². The molecule has 4 rings (SSSR count). The van der Waals surface area contributed by atoms with Gasteiger partial charge in [0, 0.05) is 35.4 Å². The number of carbonyl (C=O) groups excluding carboxylic acids is 6. The van der Waals surface area contributed by atoms with E-state index in [0.717, 1.165) is 17.4 Å². The number of nitrogens with one attached hydrogen (secondary N) is 2. The number of hydrogen-bond acceptors (Lipinski definition) is 17. The Morgan fingerprint density at radius 1 is 0.700 bits per heavy atom. The number of carbonyl (C=O) groups is 6. The van der Waals surface area contributed by atoms with Gasteiger partial charge < -0.3 is 39.6 Å². The van der Waals surface area contributed by atoms with Crippen LogP contribution in [0.15, 0.2) is 25.3 Å². The van der Waals surface area contributed by atoms with Crippen LogP contribution >= 0.6 is 10.7 Å². The largest absolute Gasteiger partial charge is 0.464 e. The first-order valence-corrected chi connectivity index (χ1v) is 27.1. The number of hydrogen-bond donors (Lipinski definition) is 3. The first-order chi connectivity index (χ1) is 31.1. The molecule has 2 saturated heterocycles. The Bertz CT molecular complexity index is 1990. The van der Waals surface area contributed by atoms with Crippen LogP contribution in [0.2, 0.25) is 0 Å². The lowest BCUT2D eigenvalue weighted by molar-refractivity contribution is -0.150. The van der Waals surface area contributed by atoms with Crippen LogP contribution in [0, 0.1) is 11.8 Å². The third-order valence-corrected chi connectivity index (χ3v) is 11.2. The molecule has 1 unspecified atom stereocenters. The summed E-state index contributed by atoms with van der Waals surface area (Å²) in [5.41, 5.74) is -3.90. The molecule has 0 radical (unpaired) electrons. The predicted octanol–water partition coefficient (Wildman–Crippen LogP) is 4.75. The molecule has 2 aliphatic carbocycles. The number of likely N-dealkylation sites (tertiary alicyclic amines) is 2. The third kappa shape index (κ3) is 22.2. The highest BCUT2D eigenvalue weighted by molar-refractivity contribution is 8.13. The van der Waals surface area contributed by atoms with Gasteiger partial charge in [0.25, 0.3) is 10.1 Å². The maximum atomic E-state index is 13.1. The van der Waals surface area contributed by atoms with Crippen molar-refractivity contribution in [2.75, 3.05) is 58.4 Å². The number of nitrogens with zero attached hydrogens (tertiary/aromatic N) is 3. The van der Waals surface area contributed by atoms with E-state index in [4.69, 9.17) is 23.1 Å². The van der Waals surface area contributed by atoms with Crippen molar-refractivity contribution in [2.45, 2.75) is 163 Å². The number of aliphatic hydroxyl groups is 1. The van der Waals surface area contributed by atoms with E-state index < -0.39 is 102 Å². The van der Waals surface area contributed by atoms with Crippen molar-refractivity contribution in [1.82, 2.24) is 25.3 Å². The molecule has 21 nitrogen and oxygen atoms in total. The van der Waals surface area contributed by atoms with Crippen molar-refractivity contribution in [3.05, 3.63) is 25.3 Å². The van der Waals surface area contributed by atoms with Gasteiger partial charge in [-0.25, -0.2) is 27.6 Å². The van der Waals surface area contributed by atoms with Gasteiger partial charge in [0.1, 0.15) is 34.4 Å². The molecule has 408 valence electrons. The van der Waals surface area contributed by atoms with Crippen LogP contribution in [0.5, 0.6) is 0 Å². The molecule has 3 N–H and O–H groups in total. The number of ether oxygens (including phenoxy) is 4. The highest BCUT2D eigenvalue weighted by Crippen LogP contribution is 2.46. The molecular weight excluding hydrogens is 978 g/mol. The maximum absolute atomic E-state index is 13.1. The van der Waals surface area contributed by atoms with Crippen LogP contribution in [0.3, 0.4) is 0 Å². The summed E-state index contributed by atoms with van der Waals surface area (Å²) in [7, 11) is -2.49. The number of amides is 4. The highest BCUT2D eigenvalue weighted by atomic mass is 35.7. The van der Waals surface area contributed by atoms with Gasteiger partial charge in [0.15, 0.2) is 0 Å². The fourth-order valence-electron chi connectivity index (χ4n) is 7.27. The van der Waals surface area contributed by atoms with E-state index in [2.05, 4.69) is 60.1 Å². The summed E-state index contributed by atoms with van der Waals surface area (Å²) in [6, 6.07) is -1.97. The first kappa shape index (κ1) is 68.0. The Labute approximate surface area is 422 Å². The number of rotatable bonds is 15. The average molecular weight is 1060 g/mol. The SMILES string of the molecule is C.C.C=C[C@@H]1C[C@]1(NC(=O)[C@@H]1CC(OS(C)(=O)=O)CN1C(=O)OC(C)(C)C)C(=O)OCC.C=C[C@@H]1C[C@]1(NC(=O)[C@@H]1C[C@H](O)CN1C(=O)OC(C)(C)C)C(=O)OCC.CCN(CC)CC.CS(=O)(=O)Cl. The Kier molecular flexibility index (Phi) is 27.5. The zero-order chi connectivity index (χ0) is 52.8. The maximum Gasteiger partial charge on any atom is 0.411 e. The van der Waals surface area contributed by atoms with Gasteiger partial charge in [-0.05, 0) is 87.9 Å². The Morgan fingerprint density at radius 3 is 1.31 bits per heavy atom. The second kappa shape index (κ2) is 28.3. The highest BCUT2D eigenvalue weighted by Gasteiger charge is 2.63.